The second-order valence-electron chi connectivity index (χ2n) is 7.09. The molecule has 1 aromatic carbocycles. The van der Waals surface area contributed by atoms with Gasteiger partial charge in [0, 0.05) is 37.3 Å². The smallest absolute Gasteiger partial charge is 0.260 e. The van der Waals surface area contributed by atoms with Gasteiger partial charge in [0.25, 0.3) is 5.91 Å². The average Bonchev–Trinajstić information content (AvgIpc) is 3.42. The molecule has 3 N–H and O–H groups in total. The number of amides is 2. The zero-order valence-electron chi connectivity index (χ0n) is 15.7. The lowest BCUT2D eigenvalue weighted by molar-refractivity contribution is -0.132. The van der Waals surface area contributed by atoms with Crippen LogP contribution in [0.2, 0.25) is 0 Å². The van der Waals surface area contributed by atoms with Gasteiger partial charge in [-0.3, -0.25) is 9.59 Å². The van der Waals surface area contributed by atoms with Crippen molar-refractivity contribution in [2.75, 3.05) is 25.5 Å². The van der Waals surface area contributed by atoms with Gasteiger partial charge >= 0.3 is 0 Å². The van der Waals surface area contributed by atoms with Crippen LogP contribution in [0.25, 0.3) is 0 Å². The lowest BCUT2D eigenvalue weighted by Gasteiger charge is -2.21. The number of rotatable bonds is 9. The molecule has 2 rings (SSSR count). The summed E-state index contributed by atoms with van der Waals surface area (Å²) in [4.78, 5) is 25.6. The molecule has 1 atom stereocenters. The molecule has 0 bridgehead atoms. The Morgan fingerprint density at radius 2 is 2.04 bits per heavy atom. The van der Waals surface area contributed by atoms with Gasteiger partial charge in [-0.2, -0.15) is 0 Å². The monoisotopic (exact) mass is 383 g/mol. The number of ether oxygens (including phenoxy) is 1. The van der Waals surface area contributed by atoms with Crippen LogP contribution >= 0.6 is 12.4 Å². The molecule has 0 radical (unpaired) electrons. The summed E-state index contributed by atoms with van der Waals surface area (Å²) in [6, 6.07) is 7.21. The predicted octanol–water partition coefficient (Wildman–Crippen LogP) is 2.67. The number of carbonyl (C=O) groups excluding carboxylic acids is 2. The first-order valence-corrected chi connectivity index (χ1v) is 8.90. The summed E-state index contributed by atoms with van der Waals surface area (Å²) < 4.78 is 5.57. The number of likely N-dealkylation sites (N-methyl/N-ethyl adjacent to an activating group) is 1. The minimum absolute atomic E-state index is 0. The molecular weight excluding hydrogens is 354 g/mol. The van der Waals surface area contributed by atoms with Crippen molar-refractivity contribution in [3.8, 4) is 5.75 Å². The molecule has 0 aromatic heterocycles. The molecule has 0 heterocycles. The third kappa shape index (κ3) is 7.22. The van der Waals surface area contributed by atoms with Gasteiger partial charge in [-0.1, -0.05) is 19.9 Å². The predicted molar refractivity (Wildman–Crippen MR) is 106 cm³/mol. The Balaban J connectivity index is 0.00000338. The molecule has 1 aromatic rings. The highest BCUT2D eigenvalue weighted by Crippen LogP contribution is 2.30. The SMILES string of the molecule is CC(C)C(N)CCN(C)C(=O)COc1cccc(NC(=O)C2CC2)c1.Cl. The van der Waals surface area contributed by atoms with Crippen LogP contribution in [0, 0.1) is 11.8 Å². The van der Waals surface area contributed by atoms with Crippen molar-refractivity contribution in [3.63, 3.8) is 0 Å². The number of nitrogens with two attached hydrogens (primary N) is 1. The van der Waals surface area contributed by atoms with E-state index in [2.05, 4.69) is 19.2 Å². The number of carbonyl (C=O) groups is 2. The summed E-state index contributed by atoms with van der Waals surface area (Å²) in [5.41, 5.74) is 6.70. The van der Waals surface area contributed by atoms with Crippen LogP contribution in [0.1, 0.15) is 33.1 Å². The fourth-order valence-corrected chi connectivity index (χ4v) is 2.31. The van der Waals surface area contributed by atoms with Gasteiger partial charge in [-0.05, 0) is 37.3 Å². The summed E-state index contributed by atoms with van der Waals surface area (Å²) in [6.45, 7) is 4.72. The van der Waals surface area contributed by atoms with E-state index in [1.165, 1.54) is 0 Å². The quantitative estimate of drug-likeness (QED) is 0.686. The van der Waals surface area contributed by atoms with E-state index < -0.39 is 0 Å². The largest absolute Gasteiger partial charge is 0.484 e. The normalized spacial score (nSPS) is 14.3. The maximum atomic E-state index is 12.1. The molecule has 1 saturated carbocycles. The number of nitrogens with zero attached hydrogens (tertiary/aromatic N) is 1. The number of benzene rings is 1. The third-order valence-corrected chi connectivity index (χ3v) is 4.49. The number of anilines is 1. The Morgan fingerprint density at radius 1 is 1.35 bits per heavy atom. The highest BCUT2D eigenvalue weighted by molar-refractivity contribution is 5.94. The first kappa shape index (κ1) is 22.3. The molecule has 0 saturated heterocycles. The van der Waals surface area contributed by atoms with Gasteiger partial charge in [0.1, 0.15) is 5.75 Å². The molecule has 2 amide bonds. The van der Waals surface area contributed by atoms with Crippen LogP contribution < -0.4 is 15.8 Å². The molecule has 1 aliphatic carbocycles. The molecule has 1 aliphatic rings. The Morgan fingerprint density at radius 3 is 2.65 bits per heavy atom. The van der Waals surface area contributed by atoms with Crippen molar-refractivity contribution in [2.45, 2.75) is 39.2 Å². The van der Waals surface area contributed by atoms with E-state index in [9.17, 15) is 9.59 Å². The van der Waals surface area contributed by atoms with Gasteiger partial charge in [-0.25, -0.2) is 0 Å². The highest BCUT2D eigenvalue weighted by atomic mass is 35.5. The van der Waals surface area contributed by atoms with Crippen molar-refractivity contribution in [1.82, 2.24) is 4.90 Å². The number of hydrogen-bond donors (Lipinski definition) is 2. The Kier molecular flexibility index (Phi) is 8.88. The van der Waals surface area contributed by atoms with Gasteiger partial charge in [0.15, 0.2) is 6.61 Å². The van der Waals surface area contributed by atoms with Crippen LogP contribution in [0.15, 0.2) is 24.3 Å². The molecule has 0 spiro atoms. The number of nitrogens with one attached hydrogen (secondary N) is 1. The van der Waals surface area contributed by atoms with Crippen molar-refractivity contribution in [2.24, 2.45) is 17.6 Å². The zero-order valence-corrected chi connectivity index (χ0v) is 16.6. The maximum Gasteiger partial charge on any atom is 0.260 e. The molecule has 1 fully saturated rings. The Bertz CT molecular complexity index is 605. The minimum atomic E-state index is -0.0941. The van der Waals surface area contributed by atoms with E-state index in [-0.39, 0.29) is 42.8 Å². The first-order valence-electron chi connectivity index (χ1n) is 8.90. The van der Waals surface area contributed by atoms with Crippen molar-refractivity contribution in [1.29, 1.82) is 0 Å². The lowest BCUT2D eigenvalue weighted by atomic mass is 10.0. The fourth-order valence-electron chi connectivity index (χ4n) is 2.31. The van der Waals surface area contributed by atoms with E-state index in [1.807, 2.05) is 6.07 Å². The summed E-state index contributed by atoms with van der Waals surface area (Å²) in [5, 5.41) is 2.87. The van der Waals surface area contributed by atoms with Crippen molar-refractivity contribution in [3.05, 3.63) is 24.3 Å². The Labute approximate surface area is 161 Å². The zero-order chi connectivity index (χ0) is 18.4. The van der Waals surface area contributed by atoms with Crippen molar-refractivity contribution < 1.29 is 14.3 Å². The number of hydrogen-bond acceptors (Lipinski definition) is 4. The summed E-state index contributed by atoms with van der Waals surface area (Å²) in [5.74, 6) is 1.07. The molecule has 26 heavy (non-hydrogen) atoms. The van der Waals surface area contributed by atoms with Crippen LogP contribution in [0.4, 0.5) is 5.69 Å². The lowest BCUT2D eigenvalue weighted by Crippen LogP contribution is -2.36. The van der Waals surface area contributed by atoms with Crippen molar-refractivity contribution >= 4 is 29.9 Å². The van der Waals surface area contributed by atoms with E-state index >= 15 is 0 Å². The van der Waals surface area contributed by atoms with E-state index in [1.54, 1.807) is 30.1 Å². The second kappa shape index (κ2) is 10.4. The minimum Gasteiger partial charge on any atom is -0.484 e. The van der Waals surface area contributed by atoms with Gasteiger partial charge in [-0.15, -0.1) is 12.4 Å². The van der Waals surface area contributed by atoms with Gasteiger partial charge in [0.2, 0.25) is 5.91 Å². The molecule has 146 valence electrons. The van der Waals surface area contributed by atoms with Gasteiger partial charge < -0.3 is 20.7 Å². The molecule has 7 heteroatoms. The summed E-state index contributed by atoms with van der Waals surface area (Å²) >= 11 is 0. The molecule has 1 unspecified atom stereocenters. The standard InChI is InChI=1S/C19H29N3O3.ClH/c1-13(2)17(20)9-10-22(3)18(23)12-25-16-6-4-5-15(11-16)21-19(24)14-7-8-14;/h4-6,11,13-14,17H,7-10,12,20H2,1-3H3,(H,21,24);1H. The van der Waals surface area contributed by atoms with Gasteiger partial charge in [0.05, 0.1) is 0 Å². The van der Waals surface area contributed by atoms with E-state index in [0.29, 0.717) is 23.9 Å². The average molecular weight is 384 g/mol. The van der Waals surface area contributed by atoms with Crippen LogP contribution in [0.5, 0.6) is 5.75 Å². The third-order valence-electron chi connectivity index (χ3n) is 4.49. The second-order valence-corrected chi connectivity index (χ2v) is 7.09. The van der Waals surface area contributed by atoms with Crippen LogP contribution in [-0.2, 0) is 9.59 Å². The topological polar surface area (TPSA) is 84.7 Å². The van der Waals surface area contributed by atoms with Crippen LogP contribution in [0.3, 0.4) is 0 Å². The highest BCUT2D eigenvalue weighted by Gasteiger charge is 2.29. The Hall–Kier alpha value is -1.79. The summed E-state index contributed by atoms with van der Waals surface area (Å²) in [7, 11) is 1.75. The molecular formula is C19H30ClN3O3. The van der Waals surface area contributed by atoms with E-state index in [0.717, 1.165) is 19.3 Å². The van der Waals surface area contributed by atoms with E-state index in [4.69, 9.17) is 10.5 Å². The fraction of sp³-hybridized carbons (Fsp3) is 0.579. The molecule has 0 aliphatic heterocycles. The van der Waals surface area contributed by atoms with Crippen LogP contribution in [-0.4, -0.2) is 43.0 Å². The first-order chi connectivity index (χ1) is 11.9. The number of halogens is 1. The maximum absolute atomic E-state index is 12.1. The summed E-state index contributed by atoms with van der Waals surface area (Å²) in [6.07, 6.45) is 2.69. The molecule has 6 nitrogen and oxygen atoms in total.